The summed E-state index contributed by atoms with van der Waals surface area (Å²) in [4.78, 5) is 2.61. The van der Waals surface area contributed by atoms with Gasteiger partial charge in [0.25, 0.3) is 0 Å². The molecule has 0 amide bonds. The molecule has 1 unspecified atom stereocenters. The van der Waals surface area contributed by atoms with Gasteiger partial charge in [0.1, 0.15) is 11.2 Å². The number of nitrogens with zero attached hydrogens (tertiary/aromatic N) is 1. The molecule has 60 heavy (non-hydrogen) atoms. The zero-order valence-electron chi connectivity index (χ0n) is 33.3. The van der Waals surface area contributed by atoms with Gasteiger partial charge in [-0.15, -0.1) is 0 Å². The van der Waals surface area contributed by atoms with Gasteiger partial charge in [0.2, 0.25) is 0 Å². The average Bonchev–Trinajstić information content (AvgIpc) is 3.72. The third-order valence-corrected chi connectivity index (χ3v) is 12.3. The molecule has 2 aliphatic rings. The van der Waals surface area contributed by atoms with Crippen LogP contribution >= 0.6 is 0 Å². The number of benzene rings is 8. The first-order valence-electron chi connectivity index (χ1n) is 21.1. The second-order valence-electron chi connectivity index (χ2n) is 15.9. The van der Waals surface area contributed by atoms with Crippen molar-refractivity contribution in [3.63, 3.8) is 0 Å². The van der Waals surface area contributed by atoms with E-state index in [1.54, 1.807) is 0 Å². The Bertz CT molecular complexity index is 3160. The second-order valence-corrected chi connectivity index (χ2v) is 15.9. The highest BCUT2D eigenvalue weighted by Crippen LogP contribution is 2.45. The molecule has 2 nitrogen and oxygen atoms in total. The van der Waals surface area contributed by atoms with Crippen molar-refractivity contribution < 1.29 is 4.42 Å². The van der Waals surface area contributed by atoms with Gasteiger partial charge in [-0.1, -0.05) is 182 Å². The van der Waals surface area contributed by atoms with Gasteiger partial charge in [-0.2, -0.15) is 0 Å². The fraction of sp³-hybridized carbons (Fsp3) is 0.0690. The van der Waals surface area contributed by atoms with Crippen LogP contribution in [0.15, 0.2) is 223 Å². The van der Waals surface area contributed by atoms with Crippen molar-refractivity contribution >= 4 is 55.2 Å². The van der Waals surface area contributed by atoms with Crippen molar-refractivity contribution in [3.05, 3.63) is 230 Å². The van der Waals surface area contributed by atoms with E-state index < -0.39 is 0 Å². The van der Waals surface area contributed by atoms with E-state index in [-0.39, 0.29) is 6.04 Å². The van der Waals surface area contributed by atoms with E-state index in [2.05, 4.69) is 217 Å². The Hall–Kier alpha value is -7.42. The summed E-state index contributed by atoms with van der Waals surface area (Å²) in [6.07, 6.45) is 16.9. The van der Waals surface area contributed by atoms with E-state index in [4.69, 9.17) is 4.42 Å². The summed E-state index contributed by atoms with van der Waals surface area (Å²) >= 11 is 0. The van der Waals surface area contributed by atoms with Gasteiger partial charge >= 0.3 is 0 Å². The molecular weight excluding hydrogens is 727 g/mol. The molecule has 1 aromatic heterocycles. The van der Waals surface area contributed by atoms with Crippen LogP contribution in [0.25, 0.3) is 77.2 Å². The molecule has 0 spiro atoms. The summed E-state index contributed by atoms with van der Waals surface area (Å²) in [5.74, 6) is 0. The Morgan fingerprint density at radius 2 is 1.17 bits per heavy atom. The molecule has 0 bridgehead atoms. The van der Waals surface area contributed by atoms with Gasteiger partial charge in [0.15, 0.2) is 0 Å². The molecule has 0 fully saturated rings. The van der Waals surface area contributed by atoms with Crippen molar-refractivity contribution in [2.75, 3.05) is 4.90 Å². The minimum Gasteiger partial charge on any atom is -0.456 e. The number of fused-ring (bicyclic) bond motifs is 5. The highest BCUT2D eigenvalue weighted by Gasteiger charge is 2.27. The van der Waals surface area contributed by atoms with Gasteiger partial charge in [-0.25, -0.2) is 0 Å². The highest BCUT2D eigenvalue weighted by atomic mass is 16.3. The summed E-state index contributed by atoms with van der Waals surface area (Å²) in [6, 6.07) is 66.2. The molecule has 8 aromatic carbocycles. The molecule has 0 N–H and O–H groups in total. The molecular formula is C58H43NO. The fourth-order valence-corrected chi connectivity index (χ4v) is 9.27. The lowest BCUT2D eigenvalue weighted by molar-refractivity contribution is 0.669. The zero-order valence-corrected chi connectivity index (χ0v) is 33.3. The van der Waals surface area contributed by atoms with E-state index in [0.717, 1.165) is 35.8 Å². The summed E-state index contributed by atoms with van der Waals surface area (Å²) in [5.41, 5.74) is 16.6. The molecule has 11 rings (SSSR count). The first kappa shape index (κ1) is 35.7. The van der Waals surface area contributed by atoms with Gasteiger partial charge in [0.05, 0.1) is 6.04 Å². The molecule has 0 radical (unpaired) electrons. The Morgan fingerprint density at radius 1 is 0.500 bits per heavy atom. The summed E-state index contributed by atoms with van der Waals surface area (Å²) < 4.78 is 6.32. The monoisotopic (exact) mass is 769 g/mol. The average molecular weight is 770 g/mol. The van der Waals surface area contributed by atoms with Crippen molar-refractivity contribution in [1.82, 2.24) is 0 Å². The molecule has 0 aliphatic heterocycles. The van der Waals surface area contributed by atoms with Crippen LogP contribution < -0.4 is 4.90 Å². The summed E-state index contributed by atoms with van der Waals surface area (Å²) in [6.45, 7) is 0. The lowest BCUT2D eigenvalue weighted by Gasteiger charge is -2.36. The molecule has 2 aliphatic carbocycles. The fourth-order valence-electron chi connectivity index (χ4n) is 9.27. The standard InChI is InChI=1S/C58H43NO/c1-4-14-40(15-5-1)42-24-26-45(27-25-42)50-20-10-12-22-54(50)59(49-34-30-43(31-35-49)41-16-6-2-7-17-41)55-36-32-48(38-52(55)44-18-8-3-9-19-44)47-29-28-46-33-37-57-58(53(46)39-47)51-21-11-13-23-56(51)60-57/h1-8,10-18,20-34,36-39,49H,9,19,35H2. The van der Waals surface area contributed by atoms with Crippen LogP contribution in [0, 0.1) is 0 Å². The van der Waals surface area contributed by atoms with Gasteiger partial charge < -0.3 is 9.32 Å². The topological polar surface area (TPSA) is 16.4 Å². The van der Waals surface area contributed by atoms with Crippen LogP contribution in [-0.4, -0.2) is 6.04 Å². The van der Waals surface area contributed by atoms with Gasteiger partial charge in [0, 0.05) is 33.3 Å². The van der Waals surface area contributed by atoms with Crippen LogP contribution in [-0.2, 0) is 0 Å². The first-order chi connectivity index (χ1) is 29.7. The summed E-state index contributed by atoms with van der Waals surface area (Å²) in [5, 5.41) is 4.75. The lowest BCUT2D eigenvalue weighted by atomic mass is 9.89. The van der Waals surface area contributed by atoms with Crippen molar-refractivity contribution in [2.45, 2.75) is 25.3 Å². The Kier molecular flexibility index (Phi) is 9.17. The number of hydrogen-bond donors (Lipinski definition) is 0. The third-order valence-electron chi connectivity index (χ3n) is 12.3. The Balaban J connectivity index is 1.07. The molecule has 1 atom stereocenters. The quantitative estimate of drug-likeness (QED) is 0.153. The van der Waals surface area contributed by atoms with Crippen LogP contribution in [0.3, 0.4) is 0 Å². The molecule has 0 saturated carbocycles. The van der Waals surface area contributed by atoms with Crippen LogP contribution in [0.5, 0.6) is 0 Å². The van der Waals surface area contributed by atoms with E-state index in [0.29, 0.717) is 0 Å². The molecule has 1 heterocycles. The minimum absolute atomic E-state index is 0.0925. The minimum atomic E-state index is 0.0925. The van der Waals surface area contributed by atoms with Crippen LogP contribution in [0.4, 0.5) is 11.4 Å². The highest BCUT2D eigenvalue weighted by molar-refractivity contribution is 6.19. The third kappa shape index (κ3) is 6.57. The predicted molar refractivity (Wildman–Crippen MR) is 254 cm³/mol. The van der Waals surface area contributed by atoms with Crippen molar-refractivity contribution in [3.8, 4) is 33.4 Å². The van der Waals surface area contributed by atoms with E-state index >= 15 is 0 Å². The predicted octanol–water partition coefficient (Wildman–Crippen LogP) is 16.0. The normalized spacial score (nSPS) is 15.0. The Morgan fingerprint density at radius 3 is 1.97 bits per heavy atom. The van der Waals surface area contributed by atoms with E-state index in [1.807, 2.05) is 6.07 Å². The maximum atomic E-state index is 6.32. The maximum absolute atomic E-state index is 6.32. The van der Waals surface area contributed by atoms with E-state index in [9.17, 15) is 0 Å². The summed E-state index contributed by atoms with van der Waals surface area (Å²) in [7, 11) is 0. The molecule has 9 aromatic rings. The van der Waals surface area contributed by atoms with Gasteiger partial charge in [-0.05, 0) is 111 Å². The number of anilines is 2. The smallest absolute Gasteiger partial charge is 0.136 e. The van der Waals surface area contributed by atoms with Crippen LogP contribution in [0.2, 0.25) is 0 Å². The molecule has 2 heteroatoms. The molecule has 286 valence electrons. The van der Waals surface area contributed by atoms with Gasteiger partial charge in [-0.3, -0.25) is 0 Å². The lowest BCUT2D eigenvalue weighted by Crippen LogP contribution is -2.31. The largest absolute Gasteiger partial charge is 0.456 e. The van der Waals surface area contributed by atoms with E-state index in [1.165, 1.54) is 83.2 Å². The number of hydrogen-bond acceptors (Lipinski definition) is 2. The Labute approximate surface area is 351 Å². The zero-order chi connectivity index (χ0) is 39.8. The van der Waals surface area contributed by atoms with Crippen LogP contribution in [0.1, 0.15) is 30.4 Å². The second kappa shape index (κ2) is 15.4. The first-order valence-corrected chi connectivity index (χ1v) is 21.1. The number of rotatable bonds is 8. The number of allylic oxidation sites excluding steroid dienone is 6. The molecule has 0 saturated heterocycles. The SMILES string of the molecule is C1=CCCC(c2cc(-c3ccc4ccc5oc6ccccc6c5c4c3)ccc2N(c2ccccc2-c2ccc(-c3ccccc3)cc2)C2C=CC(c3ccccc3)=CC2)=C1. The number of furan rings is 1. The van der Waals surface area contributed by atoms with Crippen molar-refractivity contribution in [1.29, 1.82) is 0 Å². The maximum Gasteiger partial charge on any atom is 0.136 e. The van der Waals surface area contributed by atoms with Crippen molar-refractivity contribution in [2.24, 2.45) is 0 Å². The number of para-hydroxylation sites is 2.